The molecule has 1 fully saturated rings. The van der Waals surface area contributed by atoms with Gasteiger partial charge in [-0.05, 0) is 25.0 Å². The average molecular weight is 537 g/mol. The maximum Gasteiger partial charge on any atom is 0.242 e. The Morgan fingerprint density at radius 1 is 1.28 bits per heavy atom. The number of carbonyl (C=O) groups is 1. The minimum absolute atomic E-state index is 0. The molecule has 10 heteroatoms. The topological polar surface area (TPSA) is 94.1 Å². The summed E-state index contributed by atoms with van der Waals surface area (Å²) in [5.41, 5.74) is 0.641. The molecule has 0 aliphatic carbocycles. The third-order valence-corrected chi connectivity index (χ3v) is 6.58. The van der Waals surface area contributed by atoms with Gasteiger partial charge in [0.2, 0.25) is 15.9 Å². The number of hydrogen-bond donors (Lipinski definition) is 2. The quantitative estimate of drug-likeness (QED) is 0.313. The van der Waals surface area contributed by atoms with Crippen LogP contribution in [0.15, 0.2) is 34.2 Å². The van der Waals surface area contributed by atoms with E-state index >= 15 is 0 Å². The molecule has 1 aliphatic heterocycles. The zero-order valence-electron chi connectivity index (χ0n) is 17.5. The highest BCUT2D eigenvalue weighted by Crippen LogP contribution is 2.19. The first kappa shape index (κ1) is 25.6. The van der Waals surface area contributed by atoms with Gasteiger partial charge in [-0.25, -0.2) is 17.7 Å². The van der Waals surface area contributed by atoms with Crippen molar-refractivity contribution in [2.75, 3.05) is 33.7 Å². The lowest BCUT2D eigenvalue weighted by atomic mass is 10.2. The number of rotatable bonds is 7. The van der Waals surface area contributed by atoms with Gasteiger partial charge in [0.1, 0.15) is 0 Å². The van der Waals surface area contributed by atoms with Gasteiger partial charge in [0.25, 0.3) is 0 Å². The van der Waals surface area contributed by atoms with Crippen LogP contribution in [-0.2, 0) is 21.4 Å². The lowest BCUT2D eigenvalue weighted by Gasteiger charge is -2.19. The van der Waals surface area contributed by atoms with E-state index in [1.807, 2.05) is 24.8 Å². The van der Waals surface area contributed by atoms with Crippen LogP contribution in [0.1, 0.15) is 32.3 Å². The van der Waals surface area contributed by atoms with Gasteiger partial charge in [-0.1, -0.05) is 25.1 Å². The highest BCUT2D eigenvalue weighted by molar-refractivity contribution is 14.0. The molecule has 0 saturated carbocycles. The Bertz CT molecular complexity index is 814. The Morgan fingerprint density at radius 2 is 1.97 bits per heavy atom. The number of amides is 1. The van der Waals surface area contributed by atoms with Crippen molar-refractivity contribution in [3.63, 3.8) is 0 Å². The second kappa shape index (κ2) is 11.7. The van der Waals surface area contributed by atoms with E-state index in [4.69, 9.17) is 0 Å². The second-order valence-electron chi connectivity index (χ2n) is 6.91. The monoisotopic (exact) mass is 537 g/mol. The first-order chi connectivity index (χ1) is 13.3. The molecular formula is C19H32IN5O3S. The van der Waals surface area contributed by atoms with E-state index in [0.717, 1.165) is 13.0 Å². The van der Waals surface area contributed by atoms with Gasteiger partial charge in [0.15, 0.2) is 5.96 Å². The van der Waals surface area contributed by atoms with Gasteiger partial charge in [0.05, 0.1) is 11.4 Å². The van der Waals surface area contributed by atoms with Crippen molar-refractivity contribution in [3.05, 3.63) is 29.8 Å². The van der Waals surface area contributed by atoms with Crippen molar-refractivity contribution >= 4 is 45.9 Å². The van der Waals surface area contributed by atoms with E-state index in [9.17, 15) is 13.2 Å². The Balaban J connectivity index is 0.00000420. The highest BCUT2D eigenvalue weighted by Gasteiger charge is 2.26. The van der Waals surface area contributed by atoms with Gasteiger partial charge in [-0.2, -0.15) is 0 Å². The molecule has 1 unspecified atom stereocenters. The average Bonchev–Trinajstić information content (AvgIpc) is 3.14. The molecule has 1 aromatic carbocycles. The van der Waals surface area contributed by atoms with E-state index in [0.29, 0.717) is 31.0 Å². The first-order valence-corrected chi connectivity index (χ1v) is 11.1. The predicted molar refractivity (Wildman–Crippen MR) is 126 cm³/mol. The number of halogens is 1. The molecule has 0 bridgehead atoms. The fourth-order valence-corrected chi connectivity index (χ4v) is 4.20. The Hall–Kier alpha value is -1.40. The van der Waals surface area contributed by atoms with Gasteiger partial charge < -0.3 is 15.5 Å². The summed E-state index contributed by atoms with van der Waals surface area (Å²) in [5, 5.41) is 6.56. The molecule has 8 nitrogen and oxygen atoms in total. The van der Waals surface area contributed by atoms with Crippen molar-refractivity contribution in [2.24, 2.45) is 4.99 Å². The van der Waals surface area contributed by atoms with Gasteiger partial charge in [-0.15, -0.1) is 24.0 Å². The maximum absolute atomic E-state index is 12.5. The molecule has 1 atom stereocenters. The predicted octanol–water partition coefficient (Wildman–Crippen LogP) is 1.62. The molecule has 0 radical (unpaired) electrons. The Kier molecular flexibility index (Phi) is 10.3. The van der Waals surface area contributed by atoms with Crippen LogP contribution in [0.3, 0.4) is 0 Å². The summed E-state index contributed by atoms with van der Waals surface area (Å²) in [5.74, 6) is 0.782. The van der Waals surface area contributed by atoms with Crippen LogP contribution in [0.4, 0.5) is 0 Å². The van der Waals surface area contributed by atoms with E-state index in [1.165, 1.54) is 18.4 Å². The van der Waals surface area contributed by atoms with Gasteiger partial charge >= 0.3 is 0 Å². The number of benzene rings is 1. The molecule has 2 N–H and O–H groups in total. The number of nitrogens with one attached hydrogen (secondary N) is 2. The zero-order valence-corrected chi connectivity index (χ0v) is 20.7. The summed E-state index contributed by atoms with van der Waals surface area (Å²) < 4.78 is 26.3. The summed E-state index contributed by atoms with van der Waals surface area (Å²) in [6.07, 6.45) is 1.37. The summed E-state index contributed by atoms with van der Waals surface area (Å²) in [4.78, 5) is 18.6. The summed E-state index contributed by atoms with van der Waals surface area (Å²) in [6, 6.07) is 7.04. The SMILES string of the molecule is CCNC(=NCc1ccccc1S(=O)(=O)N(C)C)NC1CCN(C(=O)CC)C1.I. The molecule has 29 heavy (non-hydrogen) atoms. The molecule has 1 aromatic rings. The number of guanidine groups is 1. The van der Waals surface area contributed by atoms with E-state index in [2.05, 4.69) is 15.6 Å². The van der Waals surface area contributed by atoms with E-state index in [1.54, 1.807) is 18.2 Å². The molecular weight excluding hydrogens is 505 g/mol. The molecule has 1 amide bonds. The minimum atomic E-state index is -3.53. The van der Waals surface area contributed by atoms with Crippen molar-refractivity contribution in [1.29, 1.82) is 0 Å². The molecule has 1 aliphatic rings. The maximum atomic E-state index is 12.5. The number of nitrogens with zero attached hydrogens (tertiary/aromatic N) is 3. The van der Waals surface area contributed by atoms with Crippen molar-refractivity contribution < 1.29 is 13.2 Å². The van der Waals surface area contributed by atoms with Crippen LogP contribution < -0.4 is 10.6 Å². The minimum Gasteiger partial charge on any atom is -0.357 e. The molecule has 2 rings (SSSR count). The van der Waals surface area contributed by atoms with Crippen LogP contribution >= 0.6 is 24.0 Å². The lowest BCUT2D eigenvalue weighted by Crippen LogP contribution is -2.45. The van der Waals surface area contributed by atoms with Crippen LogP contribution in [-0.4, -0.2) is 69.3 Å². The third-order valence-electron chi connectivity index (χ3n) is 4.67. The van der Waals surface area contributed by atoms with E-state index in [-0.39, 0.29) is 47.4 Å². The number of sulfonamides is 1. The van der Waals surface area contributed by atoms with Crippen LogP contribution in [0.2, 0.25) is 0 Å². The molecule has 164 valence electrons. The number of hydrogen-bond acceptors (Lipinski definition) is 4. The van der Waals surface area contributed by atoms with Crippen molar-refractivity contribution in [1.82, 2.24) is 19.8 Å². The largest absolute Gasteiger partial charge is 0.357 e. The van der Waals surface area contributed by atoms with Crippen LogP contribution in [0.5, 0.6) is 0 Å². The Morgan fingerprint density at radius 3 is 2.59 bits per heavy atom. The number of likely N-dealkylation sites (tertiary alicyclic amines) is 1. The van der Waals surface area contributed by atoms with Gasteiger partial charge in [-0.3, -0.25) is 4.79 Å². The first-order valence-electron chi connectivity index (χ1n) is 9.62. The molecule has 1 saturated heterocycles. The van der Waals surface area contributed by atoms with Crippen LogP contribution in [0, 0.1) is 0 Å². The van der Waals surface area contributed by atoms with E-state index < -0.39 is 10.0 Å². The molecule has 0 aromatic heterocycles. The fourth-order valence-electron chi connectivity index (χ4n) is 3.09. The highest BCUT2D eigenvalue weighted by atomic mass is 127. The molecule has 0 spiro atoms. The molecule has 1 heterocycles. The summed E-state index contributed by atoms with van der Waals surface area (Å²) in [7, 11) is -0.494. The van der Waals surface area contributed by atoms with Crippen LogP contribution in [0.25, 0.3) is 0 Å². The number of carbonyl (C=O) groups excluding carboxylic acids is 1. The summed E-state index contributed by atoms with van der Waals surface area (Å²) in [6.45, 7) is 6.17. The summed E-state index contributed by atoms with van der Waals surface area (Å²) >= 11 is 0. The van der Waals surface area contributed by atoms with Crippen molar-refractivity contribution in [3.8, 4) is 0 Å². The number of aliphatic imine (C=N–C) groups is 1. The standard InChI is InChI=1S/C19H31N5O3S.HI/c1-5-18(25)24-12-11-16(14-24)22-19(20-6-2)21-13-15-9-7-8-10-17(15)28(26,27)23(3)4;/h7-10,16H,5-6,11-14H2,1-4H3,(H2,20,21,22);1H. The fraction of sp³-hybridized carbons (Fsp3) is 0.579. The smallest absolute Gasteiger partial charge is 0.242 e. The normalized spacial score (nSPS) is 17.2. The second-order valence-corrected chi connectivity index (χ2v) is 9.03. The Labute approximate surface area is 191 Å². The lowest BCUT2D eigenvalue weighted by molar-refractivity contribution is -0.129. The zero-order chi connectivity index (χ0) is 20.7. The van der Waals surface area contributed by atoms with Gasteiger partial charge in [0, 0.05) is 46.2 Å². The third kappa shape index (κ3) is 6.82. The van der Waals surface area contributed by atoms with Crippen molar-refractivity contribution in [2.45, 2.75) is 44.2 Å².